The molecular weight excluding hydrogens is 569 g/mol. The van der Waals surface area contributed by atoms with Crippen molar-refractivity contribution in [3.63, 3.8) is 0 Å². The van der Waals surface area contributed by atoms with E-state index in [1.54, 1.807) is 0 Å². The van der Waals surface area contributed by atoms with Crippen molar-refractivity contribution in [2.45, 2.75) is 9.79 Å². The van der Waals surface area contributed by atoms with Crippen LogP contribution in [0, 0.1) is 0 Å². The van der Waals surface area contributed by atoms with Crippen molar-refractivity contribution >= 4 is 54.8 Å². The molecule has 2 aromatic carbocycles. The summed E-state index contributed by atoms with van der Waals surface area (Å²) in [5.74, 6) is -0.470. The Hall–Kier alpha value is -1.97. The van der Waals surface area contributed by atoms with E-state index in [-0.39, 0.29) is 70.7 Å². The molecule has 0 bridgehead atoms. The van der Waals surface area contributed by atoms with Crippen molar-refractivity contribution in [1.82, 2.24) is 8.61 Å². The lowest BCUT2D eigenvalue weighted by Gasteiger charge is -2.26. The summed E-state index contributed by atoms with van der Waals surface area (Å²) in [6.07, 6.45) is 0. The van der Waals surface area contributed by atoms with Crippen molar-refractivity contribution < 1.29 is 35.8 Å². The summed E-state index contributed by atoms with van der Waals surface area (Å²) in [5.41, 5.74) is 0.211. The fourth-order valence-corrected chi connectivity index (χ4v) is 7.38. The largest absolute Gasteiger partial charge is 0.482 e. The van der Waals surface area contributed by atoms with Gasteiger partial charge in [0, 0.05) is 31.9 Å². The highest BCUT2D eigenvalue weighted by molar-refractivity contribution is 7.89. The Morgan fingerprint density at radius 2 is 1.43 bits per heavy atom. The monoisotopic (exact) mass is 593 g/mol. The summed E-state index contributed by atoms with van der Waals surface area (Å²) in [7, 11) is -7.61. The molecule has 0 spiro atoms. The molecule has 15 heteroatoms. The molecule has 0 atom stereocenters. The maximum absolute atomic E-state index is 13.0. The van der Waals surface area contributed by atoms with E-state index in [2.05, 4.69) is 5.32 Å². The van der Waals surface area contributed by atoms with Gasteiger partial charge in [0.15, 0.2) is 6.61 Å². The molecule has 1 N–H and O–H groups in total. The van der Waals surface area contributed by atoms with Crippen LogP contribution in [0.2, 0.25) is 10.0 Å². The lowest BCUT2D eigenvalue weighted by Crippen LogP contribution is -2.40. The van der Waals surface area contributed by atoms with E-state index in [1.165, 1.54) is 45.0 Å². The Labute approximate surface area is 225 Å². The smallest absolute Gasteiger partial charge is 0.262 e. The number of carbonyl (C=O) groups is 1. The first-order valence-corrected chi connectivity index (χ1v) is 14.9. The molecule has 2 aromatic rings. The number of nitrogens with one attached hydrogen (secondary N) is 1. The number of hydrogen-bond donors (Lipinski definition) is 1. The van der Waals surface area contributed by atoms with Gasteiger partial charge in [-0.05, 0) is 36.4 Å². The number of amides is 1. The van der Waals surface area contributed by atoms with Crippen LogP contribution in [-0.2, 0) is 34.3 Å². The minimum Gasteiger partial charge on any atom is -0.482 e. The molecule has 2 fully saturated rings. The predicted octanol–water partition coefficient (Wildman–Crippen LogP) is 2.05. The van der Waals surface area contributed by atoms with Gasteiger partial charge in [-0.2, -0.15) is 8.61 Å². The van der Waals surface area contributed by atoms with Crippen molar-refractivity contribution in [3.05, 3.63) is 46.4 Å². The lowest BCUT2D eigenvalue weighted by molar-refractivity contribution is -0.118. The molecule has 0 saturated carbocycles. The van der Waals surface area contributed by atoms with Crippen molar-refractivity contribution in [3.8, 4) is 5.75 Å². The van der Waals surface area contributed by atoms with Gasteiger partial charge in [-0.3, -0.25) is 4.79 Å². The standard InChI is InChI=1S/C22H25Cl2N3O8S2/c23-18-3-1-16(13-21(18)37(31,32)27-7-11-34-12-8-27)25-22(28)15-35-20-4-2-17(14-19(20)24)36(29,30)26-5-9-33-10-6-26/h1-4,13-14H,5-12,15H2,(H,25,28). The van der Waals surface area contributed by atoms with Gasteiger partial charge in [0.05, 0.1) is 41.4 Å². The molecule has 2 saturated heterocycles. The highest BCUT2D eigenvalue weighted by Gasteiger charge is 2.29. The first-order chi connectivity index (χ1) is 17.6. The molecule has 0 radical (unpaired) electrons. The molecule has 2 aliphatic heterocycles. The van der Waals surface area contributed by atoms with Crippen molar-refractivity contribution in [2.75, 3.05) is 64.5 Å². The van der Waals surface area contributed by atoms with E-state index in [1.807, 2.05) is 0 Å². The minimum atomic E-state index is -3.87. The second kappa shape index (κ2) is 11.8. The van der Waals surface area contributed by atoms with Crippen LogP contribution in [0.15, 0.2) is 46.2 Å². The van der Waals surface area contributed by atoms with E-state index in [0.29, 0.717) is 13.2 Å². The Balaban J connectivity index is 1.40. The van der Waals surface area contributed by atoms with Crippen LogP contribution in [0.4, 0.5) is 5.69 Å². The number of halogens is 2. The summed E-state index contributed by atoms with van der Waals surface area (Å²) in [6.45, 7) is 1.66. The number of ether oxygens (including phenoxy) is 3. The molecule has 4 rings (SSSR count). The van der Waals surface area contributed by atoms with Crippen LogP contribution in [0.5, 0.6) is 5.75 Å². The SMILES string of the molecule is O=C(COc1ccc(S(=O)(=O)N2CCOCC2)cc1Cl)Nc1ccc(Cl)c(S(=O)(=O)N2CCOCC2)c1. The van der Waals surface area contributed by atoms with Crippen molar-refractivity contribution in [2.24, 2.45) is 0 Å². The molecular formula is C22H25Cl2N3O8S2. The molecule has 202 valence electrons. The molecule has 0 unspecified atom stereocenters. The van der Waals surface area contributed by atoms with Gasteiger partial charge >= 0.3 is 0 Å². The summed E-state index contributed by atoms with van der Waals surface area (Å²) < 4.78 is 70.0. The van der Waals surface area contributed by atoms with E-state index in [4.69, 9.17) is 37.4 Å². The number of anilines is 1. The van der Waals surface area contributed by atoms with Gasteiger partial charge in [-0.15, -0.1) is 0 Å². The van der Waals surface area contributed by atoms with Crippen LogP contribution in [0.3, 0.4) is 0 Å². The molecule has 37 heavy (non-hydrogen) atoms. The number of hydrogen-bond acceptors (Lipinski definition) is 8. The second-order valence-electron chi connectivity index (χ2n) is 8.11. The molecule has 1 amide bonds. The predicted molar refractivity (Wildman–Crippen MR) is 136 cm³/mol. The zero-order valence-corrected chi connectivity index (χ0v) is 22.7. The topological polar surface area (TPSA) is 132 Å². The highest BCUT2D eigenvalue weighted by atomic mass is 35.5. The average molecular weight is 594 g/mol. The third-order valence-corrected chi connectivity index (χ3v) is 10.2. The number of sulfonamides is 2. The van der Waals surface area contributed by atoms with Gasteiger partial charge in [0.2, 0.25) is 20.0 Å². The molecule has 2 aliphatic rings. The average Bonchev–Trinajstić information content (AvgIpc) is 2.90. The number of benzene rings is 2. The Morgan fingerprint density at radius 1 is 0.838 bits per heavy atom. The molecule has 2 heterocycles. The summed E-state index contributed by atoms with van der Waals surface area (Å²) >= 11 is 12.4. The maximum Gasteiger partial charge on any atom is 0.262 e. The number of rotatable bonds is 8. The fourth-order valence-electron chi connectivity index (χ4n) is 3.74. The Bertz CT molecular complexity index is 1360. The Morgan fingerprint density at radius 3 is 2.03 bits per heavy atom. The lowest BCUT2D eigenvalue weighted by atomic mass is 10.3. The van der Waals surface area contributed by atoms with Crippen LogP contribution in [0.1, 0.15) is 0 Å². The normalized spacial score (nSPS) is 17.9. The fraction of sp³-hybridized carbons (Fsp3) is 0.409. The molecule has 0 aliphatic carbocycles. The van der Waals surface area contributed by atoms with Crippen LogP contribution in [-0.4, -0.2) is 90.6 Å². The first-order valence-electron chi connectivity index (χ1n) is 11.3. The number of nitrogens with zero attached hydrogens (tertiary/aromatic N) is 2. The zero-order chi connectivity index (χ0) is 26.6. The summed E-state index contributed by atoms with van der Waals surface area (Å²) in [4.78, 5) is 12.4. The second-order valence-corrected chi connectivity index (χ2v) is 12.8. The van der Waals surface area contributed by atoms with Crippen molar-refractivity contribution in [1.29, 1.82) is 0 Å². The van der Waals surface area contributed by atoms with Gasteiger partial charge < -0.3 is 19.5 Å². The minimum absolute atomic E-state index is 0.00590. The summed E-state index contributed by atoms with van der Waals surface area (Å²) in [5, 5.41) is 2.61. The number of carbonyl (C=O) groups excluding carboxylic acids is 1. The van der Waals surface area contributed by atoms with Gasteiger partial charge in [-0.25, -0.2) is 16.8 Å². The van der Waals surface area contributed by atoms with E-state index in [0.717, 1.165) is 0 Å². The van der Waals surface area contributed by atoms with Gasteiger partial charge in [0.25, 0.3) is 5.91 Å². The van der Waals surface area contributed by atoms with Gasteiger partial charge in [0.1, 0.15) is 10.6 Å². The third kappa shape index (κ3) is 6.55. The number of morpholine rings is 2. The highest BCUT2D eigenvalue weighted by Crippen LogP contribution is 2.30. The molecule has 11 nitrogen and oxygen atoms in total. The molecule has 0 aromatic heterocycles. The maximum atomic E-state index is 13.0. The van der Waals surface area contributed by atoms with E-state index in [9.17, 15) is 21.6 Å². The van der Waals surface area contributed by atoms with Crippen LogP contribution in [0.25, 0.3) is 0 Å². The quantitative estimate of drug-likeness (QED) is 0.492. The first kappa shape index (κ1) is 28.0. The van der Waals surface area contributed by atoms with Crippen LogP contribution < -0.4 is 10.1 Å². The third-order valence-electron chi connectivity index (χ3n) is 5.67. The Kier molecular flexibility index (Phi) is 8.96. The van der Waals surface area contributed by atoms with E-state index >= 15 is 0 Å². The van der Waals surface area contributed by atoms with Gasteiger partial charge in [-0.1, -0.05) is 23.2 Å². The summed E-state index contributed by atoms with van der Waals surface area (Å²) in [6, 6.07) is 8.13. The van der Waals surface area contributed by atoms with Crippen LogP contribution >= 0.6 is 23.2 Å². The zero-order valence-electron chi connectivity index (χ0n) is 19.6. The van der Waals surface area contributed by atoms with E-state index < -0.39 is 32.6 Å².